The second kappa shape index (κ2) is 6.10. The van der Waals surface area contributed by atoms with Crippen LogP contribution in [0, 0.1) is 5.41 Å². The Morgan fingerprint density at radius 1 is 1.38 bits per heavy atom. The lowest BCUT2D eigenvalue weighted by molar-refractivity contribution is 0.0661. The molecule has 0 spiro atoms. The van der Waals surface area contributed by atoms with Crippen molar-refractivity contribution in [3.8, 4) is 0 Å². The van der Waals surface area contributed by atoms with Gasteiger partial charge in [0.2, 0.25) is 0 Å². The molecular formula is C15H25NO4S. The summed E-state index contributed by atoms with van der Waals surface area (Å²) in [5.41, 5.74) is 0.157. The van der Waals surface area contributed by atoms with Gasteiger partial charge in [0.25, 0.3) is 0 Å². The van der Waals surface area contributed by atoms with Crippen LogP contribution in [0.5, 0.6) is 0 Å². The number of hydrogen-bond acceptors (Lipinski definition) is 5. The van der Waals surface area contributed by atoms with Crippen LogP contribution in [0.3, 0.4) is 0 Å². The summed E-state index contributed by atoms with van der Waals surface area (Å²) in [6.45, 7) is 7.72. The van der Waals surface area contributed by atoms with Gasteiger partial charge in [-0.2, -0.15) is 0 Å². The summed E-state index contributed by atoms with van der Waals surface area (Å²) in [4.78, 5) is 2.04. The fourth-order valence-corrected chi connectivity index (χ4v) is 4.44. The fraction of sp³-hybridized carbons (Fsp3) is 0.733. The van der Waals surface area contributed by atoms with Gasteiger partial charge in [-0.1, -0.05) is 20.8 Å². The maximum Gasteiger partial charge on any atom is 0.154 e. The summed E-state index contributed by atoms with van der Waals surface area (Å²) in [5.74, 6) is 0.682. The highest BCUT2D eigenvalue weighted by Gasteiger charge is 2.40. The Morgan fingerprint density at radius 3 is 2.57 bits per heavy atom. The molecule has 0 bridgehead atoms. The number of furan rings is 1. The molecule has 1 saturated heterocycles. The number of aliphatic hydroxyl groups is 1. The molecule has 0 saturated carbocycles. The Morgan fingerprint density at radius 2 is 2.10 bits per heavy atom. The molecule has 1 N–H and O–H groups in total. The molecule has 0 radical (unpaired) electrons. The maximum absolute atomic E-state index is 11.7. The standard InChI is InChI=1S/C15H25NO4S/c1-15(2,3)6-7-16(9-12-5-4-8-20-12)13-10-21(18,19)11-14(13)17/h4-5,8,13-14,17H,6-7,9-11H2,1-3H3. The molecule has 0 aliphatic carbocycles. The van der Waals surface area contributed by atoms with Crippen LogP contribution in [0.15, 0.2) is 22.8 Å². The highest BCUT2D eigenvalue weighted by molar-refractivity contribution is 7.91. The molecule has 1 fully saturated rings. The van der Waals surface area contributed by atoms with Gasteiger partial charge in [-0.25, -0.2) is 8.42 Å². The van der Waals surface area contributed by atoms with Gasteiger partial charge in [-0.3, -0.25) is 4.90 Å². The average Bonchev–Trinajstić information content (AvgIpc) is 2.91. The molecule has 1 aromatic heterocycles. The van der Waals surface area contributed by atoms with Crippen LogP contribution in [0.2, 0.25) is 0 Å². The lowest BCUT2D eigenvalue weighted by Crippen LogP contribution is -2.43. The SMILES string of the molecule is CC(C)(C)CCN(Cc1ccco1)C1CS(=O)(=O)CC1O. The first-order valence-corrected chi connectivity index (χ1v) is 9.13. The molecule has 21 heavy (non-hydrogen) atoms. The Bertz CT molecular complexity index is 545. The molecule has 2 unspecified atom stereocenters. The van der Waals surface area contributed by atoms with Crippen LogP contribution in [-0.2, 0) is 16.4 Å². The van der Waals surface area contributed by atoms with E-state index in [1.165, 1.54) is 0 Å². The van der Waals surface area contributed by atoms with Crippen molar-refractivity contribution in [2.45, 2.75) is 45.9 Å². The fourth-order valence-electron chi connectivity index (χ4n) is 2.60. The Hall–Kier alpha value is -0.850. The van der Waals surface area contributed by atoms with E-state index in [-0.39, 0.29) is 23.0 Å². The van der Waals surface area contributed by atoms with E-state index in [9.17, 15) is 13.5 Å². The Kier molecular flexibility index (Phi) is 4.80. The van der Waals surface area contributed by atoms with Crippen molar-refractivity contribution in [1.82, 2.24) is 4.90 Å². The number of sulfone groups is 1. The summed E-state index contributed by atoms with van der Waals surface area (Å²) in [7, 11) is -3.14. The van der Waals surface area contributed by atoms with E-state index in [0.717, 1.165) is 18.7 Å². The van der Waals surface area contributed by atoms with Crippen molar-refractivity contribution in [2.24, 2.45) is 5.41 Å². The number of hydrogen-bond donors (Lipinski definition) is 1. The second-order valence-electron chi connectivity index (χ2n) is 7.07. The van der Waals surface area contributed by atoms with Gasteiger partial charge in [0, 0.05) is 0 Å². The summed E-state index contributed by atoms with van der Waals surface area (Å²) in [6.07, 6.45) is 1.72. The summed E-state index contributed by atoms with van der Waals surface area (Å²) < 4.78 is 28.9. The van der Waals surface area contributed by atoms with Crippen LogP contribution >= 0.6 is 0 Å². The van der Waals surface area contributed by atoms with Crippen LogP contribution in [0.4, 0.5) is 0 Å². The first kappa shape index (κ1) is 16.5. The van der Waals surface area contributed by atoms with E-state index in [0.29, 0.717) is 6.54 Å². The van der Waals surface area contributed by atoms with Crippen molar-refractivity contribution in [3.05, 3.63) is 24.2 Å². The van der Waals surface area contributed by atoms with E-state index in [1.807, 2.05) is 17.0 Å². The normalized spacial score (nSPS) is 25.6. The van der Waals surface area contributed by atoms with E-state index in [4.69, 9.17) is 4.42 Å². The molecule has 0 amide bonds. The molecule has 1 aliphatic heterocycles. The smallest absolute Gasteiger partial charge is 0.154 e. The van der Waals surface area contributed by atoms with E-state index >= 15 is 0 Å². The largest absolute Gasteiger partial charge is 0.468 e. The number of nitrogens with zero attached hydrogens (tertiary/aromatic N) is 1. The first-order valence-electron chi connectivity index (χ1n) is 7.31. The van der Waals surface area contributed by atoms with E-state index < -0.39 is 15.9 Å². The minimum Gasteiger partial charge on any atom is -0.468 e. The zero-order valence-corrected chi connectivity index (χ0v) is 13.8. The molecule has 120 valence electrons. The molecule has 2 rings (SSSR count). The lowest BCUT2D eigenvalue weighted by atomic mass is 9.91. The predicted molar refractivity (Wildman–Crippen MR) is 81.6 cm³/mol. The highest BCUT2D eigenvalue weighted by Crippen LogP contribution is 2.25. The minimum absolute atomic E-state index is 0.0268. The average molecular weight is 315 g/mol. The highest BCUT2D eigenvalue weighted by atomic mass is 32.2. The van der Waals surface area contributed by atoms with Crippen molar-refractivity contribution >= 4 is 9.84 Å². The van der Waals surface area contributed by atoms with Crippen LogP contribution < -0.4 is 0 Å². The minimum atomic E-state index is -3.14. The third-order valence-corrected chi connectivity index (χ3v) is 5.55. The van der Waals surface area contributed by atoms with Crippen LogP contribution in [0.1, 0.15) is 33.0 Å². The third-order valence-electron chi connectivity index (χ3n) is 3.85. The summed E-state index contributed by atoms with van der Waals surface area (Å²) in [5, 5.41) is 10.1. The van der Waals surface area contributed by atoms with Crippen molar-refractivity contribution in [3.63, 3.8) is 0 Å². The quantitative estimate of drug-likeness (QED) is 0.895. The van der Waals surface area contributed by atoms with Gasteiger partial charge in [-0.15, -0.1) is 0 Å². The zero-order valence-electron chi connectivity index (χ0n) is 12.9. The molecule has 1 aromatic rings. The maximum atomic E-state index is 11.7. The van der Waals surface area contributed by atoms with Crippen LogP contribution in [-0.4, -0.2) is 48.6 Å². The van der Waals surface area contributed by atoms with Gasteiger partial charge in [-0.05, 0) is 30.5 Å². The second-order valence-corrected chi connectivity index (χ2v) is 9.23. The predicted octanol–water partition coefficient (Wildman–Crippen LogP) is 1.68. The molecule has 0 aromatic carbocycles. The monoisotopic (exact) mass is 315 g/mol. The van der Waals surface area contributed by atoms with Gasteiger partial charge >= 0.3 is 0 Å². The molecule has 6 heteroatoms. The van der Waals surface area contributed by atoms with E-state index in [2.05, 4.69) is 20.8 Å². The molecule has 1 aliphatic rings. The zero-order chi connectivity index (χ0) is 15.7. The molecule has 5 nitrogen and oxygen atoms in total. The Balaban J connectivity index is 2.11. The topological polar surface area (TPSA) is 70.8 Å². The van der Waals surface area contributed by atoms with E-state index in [1.54, 1.807) is 6.26 Å². The summed E-state index contributed by atoms with van der Waals surface area (Å²) in [6, 6.07) is 3.35. The third kappa shape index (κ3) is 4.83. The van der Waals surface area contributed by atoms with Gasteiger partial charge in [0.15, 0.2) is 9.84 Å². The molecular weight excluding hydrogens is 290 g/mol. The van der Waals surface area contributed by atoms with Gasteiger partial charge in [0.1, 0.15) is 5.76 Å². The summed E-state index contributed by atoms with van der Waals surface area (Å²) >= 11 is 0. The van der Waals surface area contributed by atoms with Crippen molar-refractivity contribution < 1.29 is 17.9 Å². The van der Waals surface area contributed by atoms with Crippen molar-refractivity contribution in [1.29, 1.82) is 0 Å². The molecule has 2 heterocycles. The lowest BCUT2D eigenvalue weighted by Gasteiger charge is -2.32. The number of rotatable bonds is 5. The van der Waals surface area contributed by atoms with Crippen LogP contribution in [0.25, 0.3) is 0 Å². The van der Waals surface area contributed by atoms with Crippen molar-refractivity contribution in [2.75, 3.05) is 18.1 Å². The van der Waals surface area contributed by atoms with Gasteiger partial charge in [0.05, 0.1) is 36.5 Å². The first-order chi connectivity index (χ1) is 9.66. The molecule has 2 atom stereocenters. The Labute approximate surface area is 126 Å². The number of aliphatic hydroxyl groups excluding tert-OH is 1. The van der Waals surface area contributed by atoms with Gasteiger partial charge < -0.3 is 9.52 Å².